The Morgan fingerprint density at radius 1 is 1.11 bits per heavy atom. The Labute approximate surface area is 157 Å². The molecular formula is C18H22FN5O2S. The molecule has 0 bridgehead atoms. The first-order valence-electron chi connectivity index (χ1n) is 8.73. The molecule has 0 radical (unpaired) electrons. The summed E-state index contributed by atoms with van der Waals surface area (Å²) in [5, 5.41) is 11.4. The minimum atomic E-state index is -3.59. The number of anilines is 1. The fraction of sp³-hybridized carbons (Fsp3) is 0.333. The third-order valence-electron chi connectivity index (χ3n) is 4.43. The molecule has 0 saturated heterocycles. The summed E-state index contributed by atoms with van der Waals surface area (Å²) in [4.78, 5) is 0.177. The molecule has 0 aliphatic heterocycles. The zero-order valence-corrected chi connectivity index (χ0v) is 16.2. The van der Waals surface area contributed by atoms with E-state index in [-0.39, 0.29) is 16.8 Å². The molecule has 0 spiro atoms. The van der Waals surface area contributed by atoms with E-state index < -0.39 is 10.0 Å². The Morgan fingerprint density at radius 3 is 2.41 bits per heavy atom. The minimum absolute atomic E-state index is 0.166. The van der Waals surface area contributed by atoms with Gasteiger partial charge in [-0.3, -0.25) is 4.40 Å². The Hall–Kier alpha value is -2.52. The number of aromatic nitrogens is 3. The molecule has 0 aliphatic rings. The van der Waals surface area contributed by atoms with Crippen molar-refractivity contribution < 1.29 is 12.8 Å². The number of nitrogens with zero attached hydrogens (tertiary/aromatic N) is 4. The van der Waals surface area contributed by atoms with Crippen LogP contribution in [-0.4, -0.2) is 40.4 Å². The van der Waals surface area contributed by atoms with Crippen LogP contribution in [0.4, 0.5) is 10.3 Å². The second-order valence-electron chi connectivity index (χ2n) is 6.12. The summed E-state index contributed by atoms with van der Waals surface area (Å²) in [6.07, 6.45) is 1.52. The molecule has 1 atom stereocenters. The van der Waals surface area contributed by atoms with Crippen molar-refractivity contribution in [3.8, 4) is 0 Å². The number of fused-ring (bicyclic) bond motifs is 1. The lowest BCUT2D eigenvalue weighted by Gasteiger charge is -2.18. The number of pyridine rings is 1. The van der Waals surface area contributed by atoms with Crippen LogP contribution >= 0.6 is 0 Å². The highest BCUT2D eigenvalue weighted by Gasteiger charge is 2.23. The third-order valence-corrected chi connectivity index (χ3v) is 6.47. The smallest absolute Gasteiger partial charge is 0.244 e. The first kappa shape index (κ1) is 19.2. The number of rotatable bonds is 7. The van der Waals surface area contributed by atoms with Crippen LogP contribution in [0.15, 0.2) is 47.5 Å². The second-order valence-corrected chi connectivity index (χ2v) is 8.06. The lowest BCUT2D eigenvalue weighted by molar-refractivity contribution is 0.445. The van der Waals surface area contributed by atoms with Gasteiger partial charge in [-0.2, -0.15) is 4.31 Å². The average Bonchev–Trinajstić information content (AvgIpc) is 3.05. The van der Waals surface area contributed by atoms with Gasteiger partial charge in [0.1, 0.15) is 5.82 Å². The third kappa shape index (κ3) is 3.79. The number of halogens is 1. The first-order valence-corrected chi connectivity index (χ1v) is 10.2. The molecule has 0 saturated carbocycles. The van der Waals surface area contributed by atoms with E-state index in [4.69, 9.17) is 0 Å². The van der Waals surface area contributed by atoms with Crippen LogP contribution in [0.25, 0.3) is 5.65 Å². The number of hydrogen-bond donors (Lipinski definition) is 1. The van der Waals surface area contributed by atoms with Gasteiger partial charge < -0.3 is 5.32 Å². The van der Waals surface area contributed by atoms with Gasteiger partial charge in [0, 0.05) is 19.3 Å². The predicted octanol–water partition coefficient (Wildman–Crippen LogP) is 3.07. The van der Waals surface area contributed by atoms with E-state index in [1.165, 1.54) is 28.7 Å². The van der Waals surface area contributed by atoms with Crippen LogP contribution < -0.4 is 5.32 Å². The topological polar surface area (TPSA) is 79.6 Å². The summed E-state index contributed by atoms with van der Waals surface area (Å²) < 4.78 is 41.6. The quantitative estimate of drug-likeness (QED) is 0.670. The molecule has 27 heavy (non-hydrogen) atoms. The zero-order chi connectivity index (χ0) is 19.6. The van der Waals surface area contributed by atoms with Crippen LogP contribution in [0.3, 0.4) is 0 Å². The highest BCUT2D eigenvalue weighted by Crippen LogP contribution is 2.21. The van der Waals surface area contributed by atoms with E-state index in [1.807, 2.05) is 6.92 Å². The summed E-state index contributed by atoms with van der Waals surface area (Å²) in [5.74, 6) is 0.114. The van der Waals surface area contributed by atoms with Crippen molar-refractivity contribution >= 4 is 21.6 Å². The van der Waals surface area contributed by atoms with Crippen LogP contribution in [0.1, 0.15) is 32.4 Å². The molecule has 144 valence electrons. The summed E-state index contributed by atoms with van der Waals surface area (Å²) in [6, 6.07) is 9.15. The maximum absolute atomic E-state index is 13.1. The highest BCUT2D eigenvalue weighted by atomic mass is 32.2. The van der Waals surface area contributed by atoms with E-state index in [0.29, 0.717) is 24.7 Å². The van der Waals surface area contributed by atoms with E-state index >= 15 is 0 Å². The summed E-state index contributed by atoms with van der Waals surface area (Å²) in [6.45, 7) is 6.30. The number of sulfonamides is 1. The van der Waals surface area contributed by atoms with Gasteiger partial charge in [0.25, 0.3) is 0 Å². The summed E-state index contributed by atoms with van der Waals surface area (Å²) >= 11 is 0. The van der Waals surface area contributed by atoms with Gasteiger partial charge in [0.05, 0.1) is 10.9 Å². The average molecular weight is 391 g/mol. The Bertz CT molecular complexity index is 1030. The van der Waals surface area contributed by atoms with Gasteiger partial charge in [-0.15, -0.1) is 10.2 Å². The highest BCUT2D eigenvalue weighted by molar-refractivity contribution is 7.89. The molecule has 7 nitrogen and oxygen atoms in total. The molecule has 3 rings (SSSR count). The van der Waals surface area contributed by atoms with Crippen molar-refractivity contribution in [1.82, 2.24) is 18.9 Å². The molecule has 2 aromatic heterocycles. The molecular weight excluding hydrogens is 369 g/mol. The maximum Gasteiger partial charge on any atom is 0.244 e. The number of benzene rings is 1. The molecule has 0 unspecified atom stereocenters. The Morgan fingerprint density at radius 2 is 1.78 bits per heavy atom. The van der Waals surface area contributed by atoms with E-state index in [1.54, 1.807) is 36.4 Å². The Balaban J connectivity index is 1.94. The van der Waals surface area contributed by atoms with Crippen molar-refractivity contribution in [1.29, 1.82) is 0 Å². The largest absolute Gasteiger partial charge is 0.347 e. The van der Waals surface area contributed by atoms with Crippen molar-refractivity contribution in [3.63, 3.8) is 0 Å². The van der Waals surface area contributed by atoms with Crippen LogP contribution in [-0.2, 0) is 10.0 Å². The lowest BCUT2D eigenvalue weighted by Crippen LogP contribution is -2.30. The fourth-order valence-corrected chi connectivity index (χ4v) is 4.32. The van der Waals surface area contributed by atoms with Gasteiger partial charge in [-0.1, -0.05) is 26.0 Å². The van der Waals surface area contributed by atoms with Gasteiger partial charge in [0.2, 0.25) is 16.0 Å². The van der Waals surface area contributed by atoms with Gasteiger partial charge >= 0.3 is 0 Å². The van der Waals surface area contributed by atoms with Crippen molar-refractivity contribution in [3.05, 3.63) is 54.0 Å². The van der Waals surface area contributed by atoms with E-state index in [9.17, 15) is 12.8 Å². The molecule has 1 aromatic carbocycles. The predicted molar refractivity (Wildman–Crippen MR) is 102 cm³/mol. The van der Waals surface area contributed by atoms with Crippen LogP contribution in [0.2, 0.25) is 0 Å². The summed E-state index contributed by atoms with van der Waals surface area (Å²) in [7, 11) is -3.59. The molecule has 9 heteroatoms. The second kappa shape index (κ2) is 7.61. The minimum Gasteiger partial charge on any atom is -0.347 e. The zero-order valence-electron chi connectivity index (χ0n) is 15.4. The standard InChI is InChI=1S/C18H22FN5O2S/c1-4-23(5-2)27(25,26)16-10-11-17-21-22-18(24(17)12-16)20-13(3)14-6-8-15(19)9-7-14/h6-13H,4-5H2,1-3H3,(H,20,22)/t13-/m1/s1. The van der Waals surface area contributed by atoms with Crippen molar-refractivity contribution in [2.45, 2.75) is 31.7 Å². The number of hydrogen-bond acceptors (Lipinski definition) is 5. The molecule has 0 amide bonds. The van der Waals surface area contributed by atoms with Crippen LogP contribution in [0.5, 0.6) is 0 Å². The molecule has 0 fully saturated rings. The van der Waals surface area contributed by atoms with E-state index in [2.05, 4.69) is 15.5 Å². The summed E-state index contributed by atoms with van der Waals surface area (Å²) in [5.41, 5.74) is 1.40. The van der Waals surface area contributed by atoms with Gasteiger partial charge in [0.15, 0.2) is 5.65 Å². The maximum atomic E-state index is 13.1. The Kier molecular flexibility index (Phi) is 5.43. The normalized spacial score (nSPS) is 13.2. The molecule has 3 aromatic rings. The molecule has 2 heterocycles. The van der Waals surface area contributed by atoms with Gasteiger partial charge in [-0.05, 0) is 36.8 Å². The molecule has 0 aliphatic carbocycles. The van der Waals surface area contributed by atoms with Crippen molar-refractivity contribution in [2.75, 3.05) is 18.4 Å². The van der Waals surface area contributed by atoms with E-state index in [0.717, 1.165) is 5.56 Å². The molecule has 1 N–H and O–H groups in total. The van der Waals surface area contributed by atoms with Crippen molar-refractivity contribution in [2.24, 2.45) is 0 Å². The van der Waals surface area contributed by atoms with Crippen LogP contribution in [0, 0.1) is 5.82 Å². The number of nitrogens with one attached hydrogen (secondary N) is 1. The monoisotopic (exact) mass is 391 g/mol. The first-order chi connectivity index (χ1) is 12.9. The lowest BCUT2D eigenvalue weighted by atomic mass is 10.1. The van der Waals surface area contributed by atoms with Gasteiger partial charge in [-0.25, -0.2) is 12.8 Å². The SMILES string of the molecule is CCN(CC)S(=O)(=O)c1ccc2nnc(N[C@H](C)c3ccc(F)cc3)n2c1. The fourth-order valence-electron chi connectivity index (χ4n) is 2.86.